The Labute approximate surface area is 91.0 Å². The molecular weight excluding hydrogens is 224 g/mol. The molecule has 8 heteroatoms. The molecule has 0 saturated carbocycles. The average Bonchev–Trinajstić information content (AvgIpc) is 2.65. The highest BCUT2D eigenvalue weighted by atomic mass is 35.5. The topological polar surface area (TPSA) is 90.1 Å². The normalized spacial score (nSPS) is 12.5. The molecule has 0 aromatic carbocycles. The highest BCUT2D eigenvalue weighted by Gasteiger charge is 2.13. The van der Waals surface area contributed by atoms with Gasteiger partial charge in [0.2, 0.25) is 0 Å². The Morgan fingerprint density at radius 2 is 2.47 bits per heavy atom. The van der Waals surface area contributed by atoms with Crippen LogP contribution in [0.1, 0.15) is 5.82 Å². The summed E-state index contributed by atoms with van der Waals surface area (Å²) < 4.78 is 5.80. The van der Waals surface area contributed by atoms with E-state index in [0.29, 0.717) is 5.82 Å². The number of halogens is 1. The van der Waals surface area contributed by atoms with Gasteiger partial charge in [-0.15, -0.1) is 16.7 Å². The second-order valence-electron chi connectivity index (χ2n) is 2.84. The number of ether oxygens (including phenoxy) is 1. The quantitative estimate of drug-likeness (QED) is 0.519. The molecule has 0 radical (unpaired) electrons. The Morgan fingerprint density at radius 3 is 3.07 bits per heavy atom. The zero-order chi connectivity index (χ0) is 11.3. The molecule has 0 bridgehead atoms. The van der Waals surface area contributed by atoms with E-state index in [4.69, 9.17) is 11.6 Å². The van der Waals surface area contributed by atoms with Gasteiger partial charge in [0.25, 0.3) is 0 Å². The van der Waals surface area contributed by atoms with Crippen LogP contribution in [0.4, 0.5) is 0 Å². The van der Waals surface area contributed by atoms with Crippen molar-refractivity contribution in [2.24, 2.45) is 0 Å². The minimum absolute atomic E-state index is 0.0293. The number of carbonyl (C=O) groups excluding carboxylic acids is 1. The van der Waals surface area contributed by atoms with Crippen molar-refractivity contribution in [2.45, 2.75) is 19.1 Å². The standard InChI is InChI=1S/C7H11ClN4O3/c1-15-7(14)2-6-9-10-11-12(6)4-5(13)3-8/h5,13H,2-4H2,1H3. The monoisotopic (exact) mass is 234 g/mol. The van der Waals surface area contributed by atoms with E-state index in [-0.39, 0.29) is 18.8 Å². The van der Waals surface area contributed by atoms with Crippen LogP contribution in [-0.4, -0.2) is 50.4 Å². The smallest absolute Gasteiger partial charge is 0.313 e. The van der Waals surface area contributed by atoms with Crippen LogP contribution in [0.2, 0.25) is 0 Å². The molecule has 0 amide bonds. The molecule has 0 spiro atoms. The molecule has 1 aromatic rings. The van der Waals surface area contributed by atoms with Crippen molar-refractivity contribution in [2.75, 3.05) is 13.0 Å². The van der Waals surface area contributed by atoms with Gasteiger partial charge in [0.05, 0.1) is 25.6 Å². The Kier molecular flexibility index (Phi) is 4.44. The maximum absolute atomic E-state index is 11.0. The molecule has 7 nitrogen and oxygen atoms in total. The predicted octanol–water partition coefficient (Wildman–Crippen LogP) is -1.01. The van der Waals surface area contributed by atoms with Crippen LogP contribution in [0.15, 0.2) is 0 Å². The Bertz CT molecular complexity index is 330. The fourth-order valence-electron chi connectivity index (χ4n) is 0.941. The largest absolute Gasteiger partial charge is 0.469 e. The molecule has 0 aliphatic heterocycles. The average molecular weight is 235 g/mol. The lowest BCUT2D eigenvalue weighted by atomic mass is 10.3. The highest BCUT2D eigenvalue weighted by Crippen LogP contribution is 1.99. The summed E-state index contributed by atoms with van der Waals surface area (Å²) in [5, 5.41) is 19.9. The summed E-state index contributed by atoms with van der Waals surface area (Å²) in [6, 6.07) is 0. The minimum Gasteiger partial charge on any atom is -0.469 e. The van der Waals surface area contributed by atoms with Gasteiger partial charge in [0.15, 0.2) is 5.82 Å². The molecular formula is C7H11ClN4O3. The van der Waals surface area contributed by atoms with Crippen LogP contribution >= 0.6 is 11.6 Å². The number of methoxy groups -OCH3 is 1. The molecule has 0 aliphatic carbocycles. The number of nitrogens with zero attached hydrogens (tertiary/aromatic N) is 4. The Morgan fingerprint density at radius 1 is 1.73 bits per heavy atom. The fraction of sp³-hybridized carbons (Fsp3) is 0.714. The van der Waals surface area contributed by atoms with Crippen LogP contribution in [0.25, 0.3) is 0 Å². The number of aliphatic hydroxyl groups is 1. The lowest BCUT2D eigenvalue weighted by Gasteiger charge is -2.07. The molecule has 1 atom stereocenters. The summed E-state index contributed by atoms with van der Waals surface area (Å²) in [4.78, 5) is 11.0. The molecule has 1 aromatic heterocycles. The highest BCUT2D eigenvalue weighted by molar-refractivity contribution is 6.18. The summed E-state index contributed by atoms with van der Waals surface area (Å²) in [6.45, 7) is 0.156. The van der Waals surface area contributed by atoms with E-state index in [1.165, 1.54) is 11.8 Å². The second-order valence-corrected chi connectivity index (χ2v) is 3.15. The van der Waals surface area contributed by atoms with Gasteiger partial charge < -0.3 is 9.84 Å². The first-order chi connectivity index (χ1) is 7.17. The number of esters is 1. The van der Waals surface area contributed by atoms with E-state index in [9.17, 15) is 9.90 Å². The van der Waals surface area contributed by atoms with E-state index in [1.54, 1.807) is 0 Å². The summed E-state index contributed by atoms with van der Waals surface area (Å²) in [5.41, 5.74) is 0. The van der Waals surface area contributed by atoms with E-state index in [0.717, 1.165) is 0 Å². The van der Waals surface area contributed by atoms with Gasteiger partial charge in [0.1, 0.15) is 6.42 Å². The molecule has 1 heterocycles. The van der Waals surface area contributed by atoms with Crippen LogP contribution in [0, 0.1) is 0 Å². The molecule has 84 valence electrons. The zero-order valence-electron chi connectivity index (χ0n) is 8.13. The summed E-state index contributed by atoms with van der Waals surface area (Å²) in [6.07, 6.45) is -0.773. The van der Waals surface area contributed by atoms with Crippen LogP contribution < -0.4 is 0 Å². The van der Waals surface area contributed by atoms with Crippen LogP contribution in [0.3, 0.4) is 0 Å². The number of tetrazole rings is 1. The maximum atomic E-state index is 11.0. The summed E-state index contributed by atoms with van der Waals surface area (Å²) >= 11 is 5.43. The maximum Gasteiger partial charge on any atom is 0.313 e. The van der Waals surface area contributed by atoms with Crippen molar-refractivity contribution in [3.63, 3.8) is 0 Å². The van der Waals surface area contributed by atoms with Gasteiger partial charge in [-0.05, 0) is 10.4 Å². The number of rotatable bonds is 5. The first-order valence-corrected chi connectivity index (χ1v) is 4.76. The number of alkyl halides is 1. The molecule has 0 fully saturated rings. The number of carbonyl (C=O) groups is 1. The fourth-order valence-corrected chi connectivity index (χ4v) is 1.04. The SMILES string of the molecule is COC(=O)Cc1nnnn1CC(O)CCl. The Balaban J connectivity index is 2.64. The van der Waals surface area contributed by atoms with Gasteiger partial charge in [-0.1, -0.05) is 0 Å². The van der Waals surface area contributed by atoms with Crippen molar-refractivity contribution < 1.29 is 14.6 Å². The zero-order valence-corrected chi connectivity index (χ0v) is 8.89. The van der Waals surface area contributed by atoms with Crippen molar-refractivity contribution in [1.82, 2.24) is 20.2 Å². The van der Waals surface area contributed by atoms with Crippen molar-refractivity contribution in [1.29, 1.82) is 0 Å². The molecule has 1 N–H and O–H groups in total. The van der Waals surface area contributed by atoms with E-state index in [1.807, 2.05) is 0 Å². The third-order valence-electron chi connectivity index (χ3n) is 1.70. The van der Waals surface area contributed by atoms with Gasteiger partial charge in [0, 0.05) is 0 Å². The number of aliphatic hydroxyl groups excluding tert-OH is 1. The first kappa shape index (κ1) is 11.9. The van der Waals surface area contributed by atoms with E-state index in [2.05, 4.69) is 20.3 Å². The van der Waals surface area contributed by atoms with Crippen LogP contribution in [0.5, 0.6) is 0 Å². The second kappa shape index (κ2) is 5.62. The van der Waals surface area contributed by atoms with E-state index < -0.39 is 12.1 Å². The summed E-state index contributed by atoms with van der Waals surface area (Å²) in [7, 11) is 1.28. The third-order valence-corrected chi connectivity index (χ3v) is 2.05. The lowest BCUT2D eigenvalue weighted by molar-refractivity contribution is -0.140. The first-order valence-electron chi connectivity index (χ1n) is 4.23. The van der Waals surface area contributed by atoms with Crippen molar-refractivity contribution in [3.05, 3.63) is 5.82 Å². The predicted molar refractivity (Wildman–Crippen MR) is 50.3 cm³/mol. The molecule has 0 saturated heterocycles. The molecule has 1 unspecified atom stereocenters. The van der Waals surface area contributed by atoms with Gasteiger partial charge >= 0.3 is 5.97 Å². The van der Waals surface area contributed by atoms with Gasteiger partial charge in [-0.3, -0.25) is 4.79 Å². The summed E-state index contributed by atoms with van der Waals surface area (Å²) in [5.74, 6) is -0.0187. The third kappa shape index (κ3) is 3.45. The lowest BCUT2D eigenvalue weighted by Crippen LogP contribution is -2.21. The van der Waals surface area contributed by atoms with Gasteiger partial charge in [-0.2, -0.15) is 0 Å². The molecule has 15 heavy (non-hydrogen) atoms. The Hall–Kier alpha value is -1.21. The number of hydrogen-bond donors (Lipinski definition) is 1. The molecule has 1 rings (SSSR count). The van der Waals surface area contributed by atoms with E-state index >= 15 is 0 Å². The number of aromatic nitrogens is 4. The van der Waals surface area contributed by atoms with Crippen LogP contribution in [-0.2, 0) is 22.5 Å². The minimum atomic E-state index is -0.744. The van der Waals surface area contributed by atoms with Crippen molar-refractivity contribution >= 4 is 17.6 Å². The molecule has 0 aliphatic rings. The van der Waals surface area contributed by atoms with Gasteiger partial charge in [-0.25, -0.2) is 4.68 Å². The van der Waals surface area contributed by atoms with Crippen molar-refractivity contribution in [3.8, 4) is 0 Å². The number of hydrogen-bond acceptors (Lipinski definition) is 6.